The first-order chi connectivity index (χ1) is 16.4. The number of hydrogen-bond donors (Lipinski definition) is 2. The summed E-state index contributed by atoms with van der Waals surface area (Å²) in [5, 5.41) is 11.4. The molecule has 1 aliphatic rings. The number of imidazole rings is 2. The molecule has 1 amide bonds. The van der Waals surface area contributed by atoms with Gasteiger partial charge in [-0.25, -0.2) is 19.9 Å². The topological polar surface area (TPSA) is 128 Å². The van der Waals surface area contributed by atoms with Crippen LogP contribution in [0.3, 0.4) is 0 Å². The van der Waals surface area contributed by atoms with Crippen LogP contribution in [0.4, 0.5) is 5.82 Å². The van der Waals surface area contributed by atoms with Gasteiger partial charge in [0.1, 0.15) is 24.2 Å². The Kier molecular flexibility index (Phi) is 5.68. The summed E-state index contributed by atoms with van der Waals surface area (Å²) in [6.07, 6.45) is 4.65. The van der Waals surface area contributed by atoms with E-state index in [0.29, 0.717) is 17.0 Å². The number of likely N-dealkylation sites (N-methyl/N-ethyl adjacent to an activating group) is 1. The normalized spacial score (nSPS) is 20.9. The van der Waals surface area contributed by atoms with Crippen molar-refractivity contribution in [1.82, 2.24) is 34.0 Å². The maximum atomic E-state index is 13.4. The Hall–Kier alpha value is -3.53. The van der Waals surface area contributed by atoms with Crippen LogP contribution in [0.5, 0.6) is 0 Å². The molecule has 4 aromatic rings. The van der Waals surface area contributed by atoms with E-state index in [4.69, 9.17) is 10.7 Å². The highest BCUT2D eigenvalue weighted by Crippen LogP contribution is 2.34. The van der Waals surface area contributed by atoms with Gasteiger partial charge in [0.2, 0.25) is 5.91 Å². The van der Waals surface area contributed by atoms with Crippen molar-refractivity contribution in [2.45, 2.75) is 63.8 Å². The minimum atomic E-state index is -0.764. The van der Waals surface area contributed by atoms with Crippen LogP contribution < -0.4 is 5.73 Å². The van der Waals surface area contributed by atoms with Gasteiger partial charge in [-0.3, -0.25) is 4.79 Å². The number of nitrogens with zero attached hydrogens (tertiary/aromatic N) is 7. The van der Waals surface area contributed by atoms with E-state index < -0.39 is 6.10 Å². The second-order valence-electron chi connectivity index (χ2n) is 9.34. The summed E-state index contributed by atoms with van der Waals surface area (Å²) < 4.78 is 3.86. The fourth-order valence-corrected chi connectivity index (χ4v) is 5.11. The average Bonchev–Trinajstić information content (AvgIpc) is 3.42. The van der Waals surface area contributed by atoms with Gasteiger partial charge >= 0.3 is 0 Å². The molecule has 0 spiro atoms. The van der Waals surface area contributed by atoms with E-state index in [1.807, 2.05) is 33.4 Å². The Morgan fingerprint density at radius 1 is 1.24 bits per heavy atom. The number of nitrogens with two attached hydrogens (primary N) is 1. The van der Waals surface area contributed by atoms with Gasteiger partial charge < -0.3 is 24.9 Å². The second-order valence-corrected chi connectivity index (χ2v) is 9.34. The molecule has 3 atom stereocenters. The molecule has 1 aromatic carbocycles. The average molecular weight is 463 g/mol. The predicted octanol–water partition coefficient (Wildman–Crippen LogP) is 2.49. The van der Waals surface area contributed by atoms with Crippen molar-refractivity contribution < 1.29 is 9.90 Å². The maximum Gasteiger partial charge on any atom is 0.242 e. The van der Waals surface area contributed by atoms with Crippen molar-refractivity contribution in [3.8, 4) is 0 Å². The zero-order valence-corrected chi connectivity index (χ0v) is 19.7. The van der Waals surface area contributed by atoms with Crippen molar-refractivity contribution in [1.29, 1.82) is 0 Å². The summed E-state index contributed by atoms with van der Waals surface area (Å²) in [5.74, 6) is 1.31. The lowest BCUT2D eigenvalue weighted by Crippen LogP contribution is -2.51. The van der Waals surface area contributed by atoms with Gasteiger partial charge in [-0.2, -0.15) is 0 Å². The standard InChI is InChI=1S/C24H30N8O2/c1-14(2)23-29-15-7-4-5-8-16(15)31(23)11-19(33)30(3)17-9-6-10-18(21(17)34)32-13-28-20-22(25)26-12-27-24(20)32/h4-5,7-8,12-14,17-18,21,34H,6,9-11H2,1-3H3,(H2,25,26,27)/t17-,18-,21-/m0/s1. The zero-order valence-electron chi connectivity index (χ0n) is 19.7. The third-order valence-corrected chi connectivity index (χ3v) is 6.92. The number of para-hydroxylation sites is 2. The molecule has 10 heteroatoms. The van der Waals surface area contributed by atoms with E-state index in [-0.39, 0.29) is 30.5 Å². The fourth-order valence-electron chi connectivity index (χ4n) is 5.11. The number of amides is 1. The van der Waals surface area contributed by atoms with Crippen molar-refractivity contribution >= 4 is 33.9 Å². The summed E-state index contributed by atoms with van der Waals surface area (Å²) >= 11 is 0. The number of aliphatic hydroxyl groups is 1. The highest BCUT2D eigenvalue weighted by atomic mass is 16.3. The summed E-state index contributed by atoms with van der Waals surface area (Å²) in [4.78, 5) is 32.5. The number of carbonyl (C=O) groups excluding carboxylic acids is 1. The Bertz CT molecular complexity index is 1340. The molecule has 10 nitrogen and oxygen atoms in total. The zero-order chi connectivity index (χ0) is 24.0. The van der Waals surface area contributed by atoms with Crippen molar-refractivity contribution in [2.24, 2.45) is 0 Å². The molecule has 34 heavy (non-hydrogen) atoms. The van der Waals surface area contributed by atoms with Crippen LogP contribution in [0.2, 0.25) is 0 Å². The number of benzene rings is 1. The molecule has 1 aliphatic carbocycles. The molecule has 0 saturated heterocycles. The largest absolute Gasteiger partial charge is 0.389 e. The molecule has 1 fully saturated rings. The number of anilines is 1. The van der Waals surface area contributed by atoms with Crippen LogP contribution >= 0.6 is 0 Å². The van der Waals surface area contributed by atoms with E-state index in [9.17, 15) is 9.90 Å². The van der Waals surface area contributed by atoms with Gasteiger partial charge in [-0.1, -0.05) is 26.0 Å². The molecule has 1 saturated carbocycles. The van der Waals surface area contributed by atoms with Crippen LogP contribution in [0, 0.1) is 0 Å². The Morgan fingerprint density at radius 3 is 2.82 bits per heavy atom. The molecule has 0 radical (unpaired) electrons. The van der Waals surface area contributed by atoms with E-state index in [1.54, 1.807) is 18.3 Å². The third kappa shape index (κ3) is 3.67. The summed E-state index contributed by atoms with van der Waals surface area (Å²) in [6, 6.07) is 7.29. The van der Waals surface area contributed by atoms with Gasteiger partial charge in [0.15, 0.2) is 11.5 Å². The number of carbonyl (C=O) groups is 1. The quantitative estimate of drug-likeness (QED) is 0.466. The van der Waals surface area contributed by atoms with Crippen molar-refractivity contribution in [3.05, 3.63) is 42.7 Å². The first-order valence-electron chi connectivity index (χ1n) is 11.7. The lowest BCUT2D eigenvalue weighted by molar-refractivity contribution is -0.137. The lowest BCUT2D eigenvalue weighted by atomic mass is 9.87. The maximum absolute atomic E-state index is 13.4. The summed E-state index contributed by atoms with van der Waals surface area (Å²) in [7, 11) is 1.78. The Balaban J connectivity index is 1.40. The van der Waals surface area contributed by atoms with E-state index in [1.165, 1.54) is 6.33 Å². The lowest BCUT2D eigenvalue weighted by Gasteiger charge is -2.40. The summed E-state index contributed by atoms with van der Waals surface area (Å²) in [6.45, 7) is 4.33. The van der Waals surface area contributed by atoms with Gasteiger partial charge in [-0.05, 0) is 31.4 Å². The van der Waals surface area contributed by atoms with Crippen LogP contribution in [-0.2, 0) is 11.3 Å². The van der Waals surface area contributed by atoms with Crippen molar-refractivity contribution in [2.75, 3.05) is 12.8 Å². The van der Waals surface area contributed by atoms with Crippen LogP contribution in [0.15, 0.2) is 36.9 Å². The van der Waals surface area contributed by atoms with Gasteiger partial charge in [-0.15, -0.1) is 0 Å². The molecule has 3 aromatic heterocycles. The second kappa shape index (κ2) is 8.68. The van der Waals surface area contributed by atoms with Crippen molar-refractivity contribution in [3.63, 3.8) is 0 Å². The number of nitrogen functional groups attached to an aromatic ring is 1. The van der Waals surface area contributed by atoms with E-state index >= 15 is 0 Å². The third-order valence-electron chi connectivity index (χ3n) is 6.92. The highest BCUT2D eigenvalue weighted by molar-refractivity contribution is 5.82. The van der Waals surface area contributed by atoms with Crippen LogP contribution in [0.25, 0.3) is 22.2 Å². The number of rotatable bonds is 5. The molecule has 178 valence electrons. The van der Waals surface area contributed by atoms with E-state index in [0.717, 1.165) is 36.1 Å². The smallest absolute Gasteiger partial charge is 0.242 e. The van der Waals surface area contributed by atoms with Crippen LogP contribution in [-0.4, -0.2) is 64.2 Å². The minimum Gasteiger partial charge on any atom is -0.389 e. The molecular formula is C24H30N8O2. The molecule has 0 unspecified atom stereocenters. The fraction of sp³-hybridized carbons (Fsp3) is 0.458. The first kappa shape index (κ1) is 22.3. The summed E-state index contributed by atoms with van der Waals surface area (Å²) in [5.41, 5.74) is 8.88. The molecule has 3 heterocycles. The molecule has 0 aliphatic heterocycles. The minimum absolute atomic E-state index is 0.0585. The van der Waals surface area contributed by atoms with Gasteiger partial charge in [0.05, 0.1) is 35.5 Å². The number of aromatic nitrogens is 6. The van der Waals surface area contributed by atoms with Gasteiger partial charge in [0.25, 0.3) is 0 Å². The molecule has 0 bridgehead atoms. The molecule has 5 rings (SSSR count). The Morgan fingerprint density at radius 2 is 2.03 bits per heavy atom. The van der Waals surface area contributed by atoms with Gasteiger partial charge in [0, 0.05) is 13.0 Å². The predicted molar refractivity (Wildman–Crippen MR) is 129 cm³/mol. The first-order valence-corrected chi connectivity index (χ1v) is 11.7. The molecule has 3 N–H and O–H groups in total. The number of aliphatic hydroxyl groups excluding tert-OH is 1. The van der Waals surface area contributed by atoms with E-state index in [2.05, 4.69) is 28.8 Å². The van der Waals surface area contributed by atoms with Crippen LogP contribution in [0.1, 0.15) is 50.9 Å². The highest BCUT2D eigenvalue weighted by Gasteiger charge is 2.38. The monoisotopic (exact) mass is 462 g/mol. The number of fused-ring (bicyclic) bond motifs is 2. The SMILES string of the molecule is CC(C)c1nc2ccccc2n1CC(=O)N(C)[C@H]1CCC[C@H](n2cnc3c(N)ncnc32)[C@H]1O. The molecular weight excluding hydrogens is 432 g/mol. The number of hydrogen-bond acceptors (Lipinski definition) is 7. The Labute approximate surface area is 197 Å².